The minimum atomic E-state index is -1.02. The fraction of sp³-hybridized carbons (Fsp3) is 0.375. The van der Waals surface area contributed by atoms with Crippen LogP contribution in [-0.4, -0.2) is 36.3 Å². The Bertz CT molecular complexity index is 994. The second-order valence-electron chi connectivity index (χ2n) is 7.55. The molecule has 2 atom stereocenters. The maximum Gasteiger partial charge on any atom is 0.347 e. The second-order valence-corrected chi connectivity index (χ2v) is 8.62. The molecule has 0 aliphatic carbocycles. The van der Waals surface area contributed by atoms with Crippen molar-refractivity contribution in [2.45, 2.75) is 45.1 Å². The van der Waals surface area contributed by atoms with Crippen LogP contribution in [0.4, 0.5) is 10.1 Å². The lowest BCUT2D eigenvalue weighted by Gasteiger charge is -2.26. The summed E-state index contributed by atoms with van der Waals surface area (Å²) in [5, 5.41) is -0.280. The molecule has 6 nitrogen and oxygen atoms in total. The number of nitrogens with zero attached hydrogens (tertiary/aromatic N) is 1. The van der Waals surface area contributed by atoms with E-state index in [9.17, 15) is 18.8 Å². The molecule has 0 N–H and O–H groups in total. The summed E-state index contributed by atoms with van der Waals surface area (Å²) in [5.41, 5.74) is 2.47. The summed E-state index contributed by atoms with van der Waals surface area (Å²) in [6.45, 7) is 5.55. The minimum Gasteiger partial charge on any atom is -0.463 e. The molecule has 32 heavy (non-hydrogen) atoms. The number of unbranched alkanes of at least 4 members (excludes halogenated alkanes) is 1. The van der Waals surface area contributed by atoms with E-state index in [4.69, 9.17) is 9.47 Å². The van der Waals surface area contributed by atoms with Crippen LogP contribution in [0.1, 0.15) is 53.5 Å². The van der Waals surface area contributed by atoms with Crippen LogP contribution in [-0.2, 0) is 19.1 Å². The van der Waals surface area contributed by atoms with Crippen molar-refractivity contribution in [2.24, 2.45) is 0 Å². The molecular formula is C24H26FNO5S. The molecule has 1 heterocycles. The fourth-order valence-electron chi connectivity index (χ4n) is 3.32. The van der Waals surface area contributed by atoms with Crippen LogP contribution >= 0.6 is 11.8 Å². The highest BCUT2D eigenvalue weighted by molar-refractivity contribution is 8.00. The highest BCUT2D eigenvalue weighted by Crippen LogP contribution is 2.42. The fourth-order valence-corrected chi connectivity index (χ4v) is 4.49. The first kappa shape index (κ1) is 23.8. The average Bonchev–Trinajstić information content (AvgIpc) is 3.15. The van der Waals surface area contributed by atoms with Crippen LogP contribution in [0.2, 0.25) is 0 Å². The molecule has 0 aromatic heterocycles. The molecule has 1 fully saturated rings. The summed E-state index contributed by atoms with van der Waals surface area (Å²) >= 11 is 1.46. The van der Waals surface area contributed by atoms with Crippen LogP contribution in [0.5, 0.6) is 0 Å². The number of hydrogen-bond acceptors (Lipinski definition) is 6. The van der Waals surface area contributed by atoms with Crippen molar-refractivity contribution >= 4 is 35.3 Å². The van der Waals surface area contributed by atoms with Gasteiger partial charge in [-0.05, 0) is 61.7 Å². The van der Waals surface area contributed by atoms with E-state index in [1.54, 1.807) is 42.2 Å². The monoisotopic (exact) mass is 459 g/mol. The van der Waals surface area contributed by atoms with Gasteiger partial charge < -0.3 is 9.47 Å². The summed E-state index contributed by atoms with van der Waals surface area (Å²) in [4.78, 5) is 38.7. The van der Waals surface area contributed by atoms with Gasteiger partial charge in [0.1, 0.15) is 11.2 Å². The molecule has 1 aliphatic heterocycles. The van der Waals surface area contributed by atoms with Crippen molar-refractivity contribution in [3.05, 3.63) is 65.0 Å². The molecular weight excluding hydrogens is 433 g/mol. The normalized spacial score (nSPS) is 16.7. The quantitative estimate of drug-likeness (QED) is 0.417. The van der Waals surface area contributed by atoms with Gasteiger partial charge in [0, 0.05) is 5.69 Å². The van der Waals surface area contributed by atoms with Gasteiger partial charge in [0.25, 0.3) is 0 Å². The van der Waals surface area contributed by atoms with Gasteiger partial charge in [0.2, 0.25) is 5.91 Å². The number of carbonyl (C=O) groups is 3. The van der Waals surface area contributed by atoms with E-state index >= 15 is 0 Å². The largest absolute Gasteiger partial charge is 0.463 e. The number of esters is 2. The number of ether oxygens (including phenoxy) is 2. The van der Waals surface area contributed by atoms with E-state index in [0.717, 1.165) is 18.4 Å². The van der Waals surface area contributed by atoms with Gasteiger partial charge in [0.05, 0.1) is 17.9 Å². The zero-order valence-corrected chi connectivity index (χ0v) is 19.1. The van der Waals surface area contributed by atoms with E-state index < -0.39 is 18.0 Å². The van der Waals surface area contributed by atoms with Gasteiger partial charge in [-0.25, -0.2) is 14.0 Å². The topological polar surface area (TPSA) is 72.9 Å². The van der Waals surface area contributed by atoms with Gasteiger partial charge in [-0.2, -0.15) is 0 Å². The SMILES string of the molecule is CCCCOC(=O)C(C)OC(=O)c1ccc(N2C(=O)CSC2c2ccc(F)cc2)c(C)c1. The molecule has 1 aliphatic rings. The lowest BCUT2D eigenvalue weighted by Crippen LogP contribution is -2.29. The van der Waals surface area contributed by atoms with Crippen LogP contribution in [0.3, 0.4) is 0 Å². The molecule has 2 unspecified atom stereocenters. The Labute approximate surface area is 191 Å². The first-order valence-corrected chi connectivity index (χ1v) is 11.5. The Balaban J connectivity index is 1.73. The molecule has 1 amide bonds. The van der Waals surface area contributed by atoms with Crippen molar-refractivity contribution in [3.8, 4) is 0 Å². The molecule has 2 aromatic rings. The van der Waals surface area contributed by atoms with Crippen molar-refractivity contribution in [3.63, 3.8) is 0 Å². The molecule has 0 bridgehead atoms. The smallest absolute Gasteiger partial charge is 0.347 e. The molecule has 0 spiro atoms. The van der Waals surface area contributed by atoms with Gasteiger partial charge in [-0.1, -0.05) is 25.5 Å². The van der Waals surface area contributed by atoms with E-state index in [0.29, 0.717) is 23.6 Å². The molecule has 0 saturated carbocycles. The number of hydrogen-bond donors (Lipinski definition) is 0. The molecule has 0 radical (unpaired) electrons. The lowest BCUT2D eigenvalue weighted by atomic mass is 10.1. The highest BCUT2D eigenvalue weighted by Gasteiger charge is 2.35. The lowest BCUT2D eigenvalue weighted by molar-refractivity contribution is -0.153. The third kappa shape index (κ3) is 5.48. The summed E-state index contributed by atoms with van der Waals surface area (Å²) < 4.78 is 23.6. The minimum absolute atomic E-state index is 0.0637. The van der Waals surface area contributed by atoms with E-state index in [2.05, 4.69) is 0 Å². The van der Waals surface area contributed by atoms with E-state index in [1.807, 2.05) is 6.92 Å². The number of carbonyl (C=O) groups excluding carboxylic acids is 3. The Morgan fingerprint density at radius 2 is 1.94 bits per heavy atom. The number of thioether (sulfide) groups is 1. The molecule has 2 aromatic carbocycles. The summed E-state index contributed by atoms with van der Waals surface area (Å²) in [6, 6.07) is 11.0. The average molecular weight is 460 g/mol. The zero-order valence-electron chi connectivity index (χ0n) is 18.3. The predicted molar refractivity (Wildman–Crippen MR) is 121 cm³/mol. The maximum absolute atomic E-state index is 13.3. The Hall–Kier alpha value is -2.87. The van der Waals surface area contributed by atoms with Crippen molar-refractivity contribution in [2.75, 3.05) is 17.3 Å². The summed E-state index contributed by atoms with van der Waals surface area (Å²) in [7, 11) is 0. The third-order valence-electron chi connectivity index (χ3n) is 5.07. The Kier molecular flexibility index (Phi) is 7.90. The van der Waals surface area contributed by atoms with Crippen molar-refractivity contribution in [1.82, 2.24) is 0 Å². The van der Waals surface area contributed by atoms with Gasteiger partial charge in [-0.3, -0.25) is 9.69 Å². The molecule has 170 valence electrons. The Morgan fingerprint density at radius 1 is 1.22 bits per heavy atom. The van der Waals surface area contributed by atoms with Crippen LogP contribution in [0.15, 0.2) is 42.5 Å². The van der Waals surface area contributed by atoms with Crippen LogP contribution < -0.4 is 4.90 Å². The van der Waals surface area contributed by atoms with Crippen LogP contribution in [0, 0.1) is 12.7 Å². The van der Waals surface area contributed by atoms with Gasteiger partial charge in [-0.15, -0.1) is 11.8 Å². The second kappa shape index (κ2) is 10.6. The van der Waals surface area contributed by atoms with Crippen molar-refractivity contribution < 1.29 is 28.2 Å². The summed E-state index contributed by atoms with van der Waals surface area (Å²) in [5.74, 6) is -1.31. The summed E-state index contributed by atoms with van der Waals surface area (Å²) in [6.07, 6.45) is 0.630. The highest BCUT2D eigenvalue weighted by atomic mass is 32.2. The third-order valence-corrected chi connectivity index (χ3v) is 6.29. The molecule has 1 saturated heterocycles. The zero-order chi connectivity index (χ0) is 23.3. The van der Waals surface area contributed by atoms with E-state index in [-0.39, 0.29) is 22.7 Å². The first-order valence-electron chi connectivity index (χ1n) is 10.5. The number of anilines is 1. The number of benzene rings is 2. The molecule has 3 rings (SSSR count). The van der Waals surface area contributed by atoms with Gasteiger partial charge in [0.15, 0.2) is 6.10 Å². The molecule has 8 heteroatoms. The first-order chi connectivity index (χ1) is 15.3. The van der Waals surface area contributed by atoms with Crippen molar-refractivity contribution in [1.29, 1.82) is 0 Å². The number of amides is 1. The van der Waals surface area contributed by atoms with E-state index in [1.165, 1.54) is 30.8 Å². The number of rotatable bonds is 8. The number of aryl methyl sites for hydroxylation is 1. The van der Waals surface area contributed by atoms with Crippen LogP contribution in [0.25, 0.3) is 0 Å². The standard InChI is InChI=1S/C24H26FNO5S/c1-4-5-12-30-23(28)16(3)31-24(29)18-8-11-20(15(2)13-18)26-21(27)14-32-22(26)17-6-9-19(25)10-7-17/h6-11,13,16,22H,4-5,12,14H2,1-3H3. The Morgan fingerprint density at radius 3 is 2.59 bits per heavy atom. The maximum atomic E-state index is 13.3. The predicted octanol–water partition coefficient (Wildman–Crippen LogP) is 4.80. The van der Waals surface area contributed by atoms with Gasteiger partial charge >= 0.3 is 11.9 Å². The number of halogens is 1.